The van der Waals surface area contributed by atoms with Gasteiger partial charge in [-0.15, -0.1) is 0 Å². The molecule has 3 rings (SSSR count). The third-order valence-electron chi connectivity index (χ3n) is 4.65. The van der Waals surface area contributed by atoms with E-state index in [0.717, 1.165) is 24.9 Å². The van der Waals surface area contributed by atoms with Crippen LogP contribution >= 0.6 is 0 Å². The van der Waals surface area contributed by atoms with E-state index < -0.39 is 0 Å². The lowest BCUT2D eigenvalue weighted by molar-refractivity contribution is -0.143. The third kappa shape index (κ3) is 5.87. The fraction of sp³-hybridized carbons (Fsp3) is 0.579. The molecule has 2 bridgehead atoms. The summed E-state index contributed by atoms with van der Waals surface area (Å²) >= 11 is 0. The Hall–Kier alpha value is -2.04. The summed E-state index contributed by atoms with van der Waals surface area (Å²) < 4.78 is 5.23. The summed E-state index contributed by atoms with van der Waals surface area (Å²) in [5.74, 6) is -0.0480. The molecule has 5 nitrogen and oxygen atoms in total. The molecule has 0 unspecified atom stereocenters. The monoisotopic (exact) mass is 332 g/mol. The SMILES string of the molecule is CN1CCc2ccc(cc2)NCOC(=O)CCC(C)(C)CCC1=O. The van der Waals surface area contributed by atoms with E-state index >= 15 is 0 Å². The van der Waals surface area contributed by atoms with Crippen LogP contribution in [0.2, 0.25) is 0 Å². The van der Waals surface area contributed by atoms with Gasteiger partial charge in [-0.3, -0.25) is 9.59 Å². The minimum absolute atomic E-state index is 0.0530. The second-order valence-corrected chi connectivity index (χ2v) is 7.26. The lowest BCUT2D eigenvalue weighted by atomic mass is 9.83. The van der Waals surface area contributed by atoms with Gasteiger partial charge in [0.15, 0.2) is 6.73 Å². The molecule has 0 saturated carbocycles. The van der Waals surface area contributed by atoms with Crippen LogP contribution in [0.15, 0.2) is 24.3 Å². The van der Waals surface area contributed by atoms with Crippen LogP contribution in [0.4, 0.5) is 5.69 Å². The smallest absolute Gasteiger partial charge is 0.307 e. The number of amides is 1. The topological polar surface area (TPSA) is 58.6 Å². The van der Waals surface area contributed by atoms with Crippen LogP contribution in [0.5, 0.6) is 0 Å². The highest BCUT2D eigenvalue weighted by atomic mass is 16.5. The maximum atomic E-state index is 12.3. The number of carbonyl (C=O) groups excluding carboxylic acids is 2. The minimum Gasteiger partial charge on any atom is -0.444 e. The summed E-state index contributed by atoms with van der Waals surface area (Å²) in [6.45, 7) is 5.09. The van der Waals surface area contributed by atoms with E-state index in [4.69, 9.17) is 4.74 Å². The Morgan fingerprint density at radius 2 is 1.71 bits per heavy atom. The largest absolute Gasteiger partial charge is 0.444 e. The summed E-state index contributed by atoms with van der Waals surface area (Å²) in [6.07, 6.45) is 3.21. The first-order valence-electron chi connectivity index (χ1n) is 8.58. The lowest BCUT2D eigenvalue weighted by Crippen LogP contribution is -2.30. The predicted octanol–water partition coefficient (Wildman–Crippen LogP) is 3.20. The van der Waals surface area contributed by atoms with E-state index in [0.29, 0.717) is 19.4 Å². The van der Waals surface area contributed by atoms with Gasteiger partial charge in [-0.05, 0) is 42.4 Å². The van der Waals surface area contributed by atoms with E-state index in [9.17, 15) is 9.59 Å². The maximum Gasteiger partial charge on any atom is 0.307 e. The van der Waals surface area contributed by atoms with Crippen LogP contribution in [0.3, 0.4) is 0 Å². The minimum atomic E-state index is -0.208. The number of ether oxygens (including phenoxy) is 1. The van der Waals surface area contributed by atoms with Gasteiger partial charge in [0.05, 0.1) is 0 Å². The molecular formula is C19H28N2O3. The van der Waals surface area contributed by atoms with Crippen molar-refractivity contribution >= 4 is 17.6 Å². The predicted molar refractivity (Wildman–Crippen MR) is 94.6 cm³/mol. The van der Waals surface area contributed by atoms with Crippen LogP contribution in [-0.2, 0) is 20.7 Å². The fourth-order valence-corrected chi connectivity index (χ4v) is 2.68. The van der Waals surface area contributed by atoms with Gasteiger partial charge in [-0.2, -0.15) is 0 Å². The molecule has 1 aromatic rings. The quantitative estimate of drug-likeness (QED) is 0.741. The molecule has 2 aliphatic heterocycles. The summed E-state index contributed by atoms with van der Waals surface area (Å²) in [5, 5.41) is 3.09. The van der Waals surface area contributed by atoms with Crippen LogP contribution in [0.25, 0.3) is 0 Å². The number of hydrogen-bond acceptors (Lipinski definition) is 4. The van der Waals surface area contributed by atoms with Crippen molar-refractivity contribution in [2.75, 3.05) is 25.6 Å². The molecule has 0 spiro atoms. The van der Waals surface area contributed by atoms with Crippen molar-refractivity contribution in [2.45, 2.75) is 46.0 Å². The number of esters is 1. The Morgan fingerprint density at radius 3 is 2.42 bits per heavy atom. The molecule has 0 saturated heterocycles. The molecule has 0 fully saturated rings. The Bertz CT molecular complexity index is 566. The number of benzene rings is 1. The molecule has 2 heterocycles. The first kappa shape index (κ1) is 18.3. The second-order valence-electron chi connectivity index (χ2n) is 7.26. The van der Waals surface area contributed by atoms with Crippen LogP contribution in [0.1, 0.15) is 45.1 Å². The molecule has 5 heteroatoms. The zero-order valence-electron chi connectivity index (χ0n) is 14.9. The number of hydrogen-bond donors (Lipinski definition) is 1. The normalized spacial score (nSPS) is 20.2. The van der Waals surface area contributed by atoms with Gasteiger partial charge < -0.3 is 15.0 Å². The average molecular weight is 332 g/mol. The molecule has 0 aliphatic carbocycles. The van der Waals surface area contributed by atoms with Crippen LogP contribution in [-0.4, -0.2) is 37.1 Å². The first-order valence-corrected chi connectivity index (χ1v) is 8.58. The Kier molecular flexibility index (Phi) is 6.23. The highest BCUT2D eigenvalue weighted by Crippen LogP contribution is 2.28. The van der Waals surface area contributed by atoms with Gasteiger partial charge in [0, 0.05) is 32.1 Å². The highest BCUT2D eigenvalue weighted by molar-refractivity contribution is 5.76. The number of anilines is 1. The Morgan fingerprint density at radius 1 is 1.04 bits per heavy atom. The van der Waals surface area contributed by atoms with Crippen LogP contribution < -0.4 is 5.32 Å². The number of rotatable bonds is 0. The van der Waals surface area contributed by atoms with E-state index in [1.54, 1.807) is 4.90 Å². The molecule has 1 amide bonds. The molecule has 0 radical (unpaired) electrons. The number of fused-ring (bicyclic) bond motifs is 14. The van der Waals surface area contributed by atoms with Crippen molar-refractivity contribution in [1.82, 2.24) is 4.90 Å². The van der Waals surface area contributed by atoms with Crippen LogP contribution in [0, 0.1) is 5.41 Å². The molecule has 0 aromatic heterocycles. The summed E-state index contributed by atoms with van der Waals surface area (Å²) in [5.41, 5.74) is 2.05. The van der Waals surface area contributed by atoms with Gasteiger partial charge in [0.2, 0.25) is 5.91 Å². The third-order valence-corrected chi connectivity index (χ3v) is 4.65. The lowest BCUT2D eigenvalue weighted by Gasteiger charge is -2.25. The standard InChI is InChI=1S/C19H28N2O3/c1-19(2)11-8-17(22)21(3)13-10-15-4-6-16(7-5-15)20-14-24-18(23)9-12-19/h4-7,20H,8-14H2,1-3H3. The summed E-state index contributed by atoms with van der Waals surface area (Å²) in [4.78, 5) is 25.9. The van der Waals surface area contributed by atoms with Crippen molar-refractivity contribution in [3.8, 4) is 0 Å². The second kappa shape index (κ2) is 8.18. The maximum absolute atomic E-state index is 12.3. The first-order chi connectivity index (χ1) is 11.4. The number of carbonyl (C=O) groups is 2. The van der Waals surface area contributed by atoms with Gasteiger partial charge in [-0.25, -0.2) is 0 Å². The molecule has 132 valence electrons. The van der Waals surface area contributed by atoms with Crippen molar-refractivity contribution in [2.24, 2.45) is 5.41 Å². The summed E-state index contributed by atoms with van der Waals surface area (Å²) in [6, 6.07) is 7.99. The zero-order valence-corrected chi connectivity index (χ0v) is 14.9. The van der Waals surface area contributed by atoms with Crippen molar-refractivity contribution in [3.63, 3.8) is 0 Å². The number of likely N-dealkylation sites (N-methyl/N-ethyl adjacent to an activating group) is 1. The molecule has 0 atom stereocenters. The molecule has 1 aromatic carbocycles. The van der Waals surface area contributed by atoms with E-state index in [2.05, 4.69) is 19.2 Å². The van der Waals surface area contributed by atoms with E-state index in [1.807, 2.05) is 31.3 Å². The van der Waals surface area contributed by atoms with Gasteiger partial charge >= 0.3 is 5.97 Å². The summed E-state index contributed by atoms with van der Waals surface area (Å²) in [7, 11) is 1.86. The Balaban J connectivity index is 2.05. The average Bonchev–Trinajstić information content (AvgIpc) is 2.56. The molecular weight excluding hydrogens is 304 g/mol. The van der Waals surface area contributed by atoms with Gasteiger partial charge in [0.1, 0.15) is 0 Å². The van der Waals surface area contributed by atoms with Crippen molar-refractivity contribution in [3.05, 3.63) is 29.8 Å². The number of nitrogens with one attached hydrogen (secondary N) is 1. The molecule has 1 N–H and O–H groups in total. The molecule has 24 heavy (non-hydrogen) atoms. The fourth-order valence-electron chi connectivity index (χ4n) is 2.68. The highest BCUT2D eigenvalue weighted by Gasteiger charge is 2.22. The van der Waals surface area contributed by atoms with Gasteiger partial charge in [0.25, 0.3) is 0 Å². The van der Waals surface area contributed by atoms with Crippen molar-refractivity contribution < 1.29 is 14.3 Å². The van der Waals surface area contributed by atoms with Gasteiger partial charge in [-0.1, -0.05) is 26.0 Å². The number of nitrogens with zero attached hydrogens (tertiary/aromatic N) is 1. The Labute approximate surface area is 144 Å². The van der Waals surface area contributed by atoms with Crippen molar-refractivity contribution in [1.29, 1.82) is 0 Å². The zero-order chi connectivity index (χ0) is 17.6. The van der Waals surface area contributed by atoms with E-state index in [-0.39, 0.29) is 24.0 Å². The molecule has 2 aliphatic rings. The van der Waals surface area contributed by atoms with E-state index in [1.165, 1.54) is 5.56 Å².